The summed E-state index contributed by atoms with van der Waals surface area (Å²) in [5.41, 5.74) is 3.89. The fraction of sp³-hybridized carbons (Fsp3) is 0.273. The number of rotatable bonds is 3. The van der Waals surface area contributed by atoms with Gasteiger partial charge in [0.2, 0.25) is 0 Å². The first-order valence-corrected chi connectivity index (χ1v) is 5.20. The maximum absolute atomic E-state index is 11.3. The second-order valence-electron chi connectivity index (χ2n) is 3.82. The summed E-state index contributed by atoms with van der Waals surface area (Å²) < 4.78 is 7.10. The second-order valence-corrected chi connectivity index (χ2v) is 3.82. The molecule has 3 N–H and O–H groups in total. The van der Waals surface area contributed by atoms with Gasteiger partial charge in [-0.15, -0.1) is 0 Å². The molecule has 0 aliphatic carbocycles. The van der Waals surface area contributed by atoms with Crippen molar-refractivity contribution in [3.8, 4) is 0 Å². The molecule has 0 bridgehead atoms. The zero-order chi connectivity index (χ0) is 12.4. The quantitative estimate of drug-likeness (QED) is 0.466. The van der Waals surface area contributed by atoms with E-state index in [9.17, 15) is 4.79 Å². The summed E-state index contributed by atoms with van der Waals surface area (Å²) in [5.74, 6) is 5.51. The molecular weight excluding hydrogens is 220 g/mol. The van der Waals surface area contributed by atoms with Gasteiger partial charge in [0.15, 0.2) is 5.76 Å². The molecule has 2 aromatic heterocycles. The number of hydrogen-bond acceptors (Lipinski definition) is 4. The van der Waals surface area contributed by atoms with E-state index in [-0.39, 0.29) is 5.76 Å². The minimum absolute atomic E-state index is 0.212. The van der Waals surface area contributed by atoms with Crippen LogP contribution in [0.25, 0.3) is 0 Å². The van der Waals surface area contributed by atoms with Crippen LogP contribution in [0.1, 0.15) is 27.6 Å². The molecule has 90 valence electrons. The van der Waals surface area contributed by atoms with Gasteiger partial charge in [-0.25, -0.2) is 5.84 Å². The van der Waals surface area contributed by atoms with Crippen LogP contribution in [-0.2, 0) is 6.54 Å². The number of nitrogens with zero attached hydrogens (tertiary/aromatic N) is 2. The lowest BCUT2D eigenvalue weighted by Crippen LogP contribution is -2.29. The number of hydrogen-bond donors (Lipinski definition) is 2. The Hall–Kier alpha value is -2.08. The first-order chi connectivity index (χ1) is 8.10. The Morgan fingerprint density at radius 2 is 2.35 bits per heavy atom. The zero-order valence-electron chi connectivity index (χ0n) is 9.73. The second kappa shape index (κ2) is 4.42. The van der Waals surface area contributed by atoms with E-state index in [4.69, 9.17) is 10.3 Å². The van der Waals surface area contributed by atoms with E-state index < -0.39 is 5.91 Å². The summed E-state index contributed by atoms with van der Waals surface area (Å²) in [4.78, 5) is 11.3. The monoisotopic (exact) mass is 234 g/mol. The lowest BCUT2D eigenvalue weighted by molar-refractivity contribution is 0.0924. The van der Waals surface area contributed by atoms with Gasteiger partial charge in [0.05, 0.1) is 12.2 Å². The van der Waals surface area contributed by atoms with Crippen molar-refractivity contribution < 1.29 is 9.21 Å². The van der Waals surface area contributed by atoms with Crippen LogP contribution in [0.15, 0.2) is 22.7 Å². The van der Waals surface area contributed by atoms with Crippen molar-refractivity contribution >= 4 is 5.91 Å². The van der Waals surface area contributed by atoms with E-state index in [0.29, 0.717) is 12.3 Å². The average Bonchev–Trinajstić information content (AvgIpc) is 2.86. The van der Waals surface area contributed by atoms with Crippen LogP contribution in [-0.4, -0.2) is 15.7 Å². The van der Waals surface area contributed by atoms with E-state index in [1.165, 1.54) is 0 Å². The number of nitrogens with two attached hydrogens (primary N) is 1. The Morgan fingerprint density at radius 1 is 1.59 bits per heavy atom. The largest absolute Gasteiger partial charge is 0.456 e. The molecule has 1 amide bonds. The van der Waals surface area contributed by atoms with E-state index in [1.54, 1.807) is 17.7 Å². The van der Waals surface area contributed by atoms with Crippen molar-refractivity contribution in [2.24, 2.45) is 5.84 Å². The number of aromatic nitrogens is 2. The van der Waals surface area contributed by atoms with Gasteiger partial charge in [0.25, 0.3) is 0 Å². The third-order valence-electron chi connectivity index (χ3n) is 2.48. The van der Waals surface area contributed by atoms with Crippen LogP contribution in [0.2, 0.25) is 0 Å². The fourth-order valence-corrected chi connectivity index (χ4v) is 1.59. The first kappa shape index (κ1) is 11.4. The number of amides is 1. The van der Waals surface area contributed by atoms with E-state index in [2.05, 4.69) is 5.10 Å². The molecule has 0 saturated carbocycles. The molecule has 0 atom stereocenters. The van der Waals surface area contributed by atoms with Gasteiger partial charge in [-0.3, -0.25) is 14.9 Å². The summed E-state index contributed by atoms with van der Waals surface area (Å²) in [5, 5.41) is 4.27. The highest BCUT2D eigenvalue weighted by Crippen LogP contribution is 2.15. The Balaban J connectivity index is 2.21. The molecule has 0 unspecified atom stereocenters. The number of furan rings is 1. The predicted octanol–water partition coefficient (Wildman–Crippen LogP) is 0.745. The lowest BCUT2D eigenvalue weighted by atomic mass is 10.2. The van der Waals surface area contributed by atoms with Crippen LogP contribution in [0.4, 0.5) is 0 Å². The molecule has 0 aliphatic rings. The summed E-state index contributed by atoms with van der Waals surface area (Å²) in [6.07, 6.45) is 1.88. The molecule has 6 nitrogen and oxygen atoms in total. The Labute approximate surface area is 98.4 Å². The van der Waals surface area contributed by atoms with E-state index >= 15 is 0 Å². The number of nitrogen functional groups attached to an aromatic ring is 1. The van der Waals surface area contributed by atoms with Crippen LogP contribution in [0.3, 0.4) is 0 Å². The summed E-state index contributed by atoms with van der Waals surface area (Å²) in [6, 6.07) is 3.59. The minimum atomic E-state index is -0.434. The normalized spacial score (nSPS) is 10.5. The summed E-state index contributed by atoms with van der Waals surface area (Å²) in [6.45, 7) is 4.30. The molecule has 2 rings (SSSR count). The van der Waals surface area contributed by atoms with Crippen molar-refractivity contribution in [1.82, 2.24) is 15.2 Å². The number of aryl methyl sites for hydroxylation is 2. The number of nitrogens with one attached hydrogen (secondary N) is 1. The van der Waals surface area contributed by atoms with Crippen LogP contribution >= 0.6 is 0 Å². The van der Waals surface area contributed by atoms with Crippen molar-refractivity contribution in [1.29, 1.82) is 0 Å². The molecule has 2 heterocycles. The van der Waals surface area contributed by atoms with Crippen LogP contribution in [0, 0.1) is 13.8 Å². The van der Waals surface area contributed by atoms with Gasteiger partial charge in [0, 0.05) is 11.8 Å². The fourth-order valence-electron chi connectivity index (χ4n) is 1.59. The van der Waals surface area contributed by atoms with Gasteiger partial charge < -0.3 is 4.42 Å². The van der Waals surface area contributed by atoms with Crippen LogP contribution < -0.4 is 11.3 Å². The summed E-state index contributed by atoms with van der Waals surface area (Å²) in [7, 11) is 0. The third kappa shape index (κ3) is 2.36. The lowest BCUT2D eigenvalue weighted by Gasteiger charge is -1.98. The number of carbonyl (C=O) groups is 1. The van der Waals surface area contributed by atoms with Gasteiger partial charge >= 0.3 is 5.91 Å². The maximum atomic E-state index is 11.3. The SMILES string of the molecule is Cc1ccn(Cc2cc(C(=O)NN)oc2C)n1. The zero-order valence-corrected chi connectivity index (χ0v) is 9.73. The van der Waals surface area contributed by atoms with Gasteiger partial charge in [0.1, 0.15) is 5.76 Å². The first-order valence-electron chi connectivity index (χ1n) is 5.20. The molecule has 0 radical (unpaired) electrons. The molecule has 17 heavy (non-hydrogen) atoms. The van der Waals surface area contributed by atoms with Crippen molar-refractivity contribution in [2.75, 3.05) is 0 Å². The van der Waals surface area contributed by atoms with Crippen molar-refractivity contribution in [3.05, 3.63) is 41.1 Å². The highest BCUT2D eigenvalue weighted by molar-refractivity contribution is 5.91. The van der Waals surface area contributed by atoms with Gasteiger partial charge in [-0.1, -0.05) is 0 Å². The Morgan fingerprint density at radius 3 is 2.94 bits per heavy atom. The summed E-state index contributed by atoms with van der Waals surface area (Å²) >= 11 is 0. The molecule has 0 fully saturated rings. The van der Waals surface area contributed by atoms with E-state index in [1.807, 2.05) is 24.6 Å². The van der Waals surface area contributed by atoms with Crippen LogP contribution in [0.5, 0.6) is 0 Å². The highest BCUT2D eigenvalue weighted by atomic mass is 16.4. The predicted molar refractivity (Wildman–Crippen MR) is 61.2 cm³/mol. The number of hydrazine groups is 1. The molecule has 0 aliphatic heterocycles. The molecule has 0 aromatic carbocycles. The molecule has 6 heteroatoms. The smallest absolute Gasteiger partial charge is 0.300 e. The number of carbonyl (C=O) groups excluding carboxylic acids is 1. The highest BCUT2D eigenvalue weighted by Gasteiger charge is 2.13. The average molecular weight is 234 g/mol. The van der Waals surface area contributed by atoms with Crippen molar-refractivity contribution in [3.63, 3.8) is 0 Å². The Bertz CT molecular complexity index is 541. The molecule has 0 saturated heterocycles. The molecule has 2 aromatic rings. The van der Waals surface area contributed by atoms with Crippen molar-refractivity contribution in [2.45, 2.75) is 20.4 Å². The minimum Gasteiger partial charge on any atom is -0.456 e. The maximum Gasteiger partial charge on any atom is 0.300 e. The topological polar surface area (TPSA) is 86.1 Å². The van der Waals surface area contributed by atoms with Gasteiger partial charge in [-0.05, 0) is 26.0 Å². The molecule has 0 spiro atoms. The van der Waals surface area contributed by atoms with Gasteiger partial charge in [-0.2, -0.15) is 5.10 Å². The third-order valence-corrected chi connectivity index (χ3v) is 2.48. The standard InChI is InChI=1S/C11H14N4O2/c1-7-3-4-15(14-7)6-9-5-10(11(16)13-12)17-8(9)2/h3-5H,6,12H2,1-2H3,(H,13,16). The Kier molecular flexibility index (Phi) is 2.97. The van der Waals surface area contributed by atoms with E-state index in [0.717, 1.165) is 11.3 Å². The molecular formula is C11H14N4O2.